The van der Waals surface area contributed by atoms with Crippen LogP contribution >= 0.6 is 0 Å². The third kappa shape index (κ3) is 5.52. The van der Waals surface area contributed by atoms with E-state index in [1.54, 1.807) is 14.2 Å². The number of ether oxygens (including phenoxy) is 2. The SMILES string of the molecule is CCc1ccc(NC(=O)[C@@H](C)N2CCN(Cc3cc(OC)ccc3OC)CC2)cc1. The molecule has 1 heterocycles. The monoisotopic (exact) mass is 411 g/mol. The number of anilines is 1. The fourth-order valence-corrected chi connectivity index (χ4v) is 3.79. The molecule has 0 unspecified atom stereocenters. The summed E-state index contributed by atoms with van der Waals surface area (Å²) in [6, 6.07) is 13.8. The Morgan fingerprint density at radius 3 is 2.33 bits per heavy atom. The minimum absolute atomic E-state index is 0.0437. The van der Waals surface area contributed by atoms with Crippen molar-refractivity contribution in [1.82, 2.24) is 9.80 Å². The summed E-state index contributed by atoms with van der Waals surface area (Å²) in [5, 5.41) is 3.04. The van der Waals surface area contributed by atoms with Gasteiger partial charge in [0.15, 0.2) is 0 Å². The van der Waals surface area contributed by atoms with E-state index < -0.39 is 0 Å². The number of rotatable bonds is 8. The molecule has 2 aromatic rings. The van der Waals surface area contributed by atoms with E-state index in [4.69, 9.17) is 9.47 Å². The predicted octanol–water partition coefficient (Wildman–Crippen LogP) is 3.41. The number of methoxy groups -OCH3 is 2. The molecule has 0 radical (unpaired) electrons. The van der Waals surface area contributed by atoms with Gasteiger partial charge in [-0.25, -0.2) is 0 Å². The van der Waals surface area contributed by atoms with Crippen LogP contribution in [0.15, 0.2) is 42.5 Å². The number of piperazine rings is 1. The van der Waals surface area contributed by atoms with Gasteiger partial charge < -0.3 is 14.8 Å². The van der Waals surface area contributed by atoms with Crippen molar-refractivity contribution < 1.29 is 14.3 Å². The summed E-state index contributed by atoms with van der Waals surface area (Å²) in [5.41, 5.74) is 3.24. The highest BCUT2D eigenvalue weighted by atomic mass is 16.5. The van der Waals surface area contributed by atoms with E-state index >= 15 is 0 Å². The molecule has 30 heavy (non-hydrogen) atoms. The summed E-state index contributed by atoms with van der Waals surface area (Å²) in [6.07, 6.45) is 0.997. The molecule has 162 valence electrons. The first-order chi connectivity index (χ1) is 14.5. The van der Waals surface area contributed by atoms with E-state index in [9.17, 15) is 4.79 Å². The zero-order valence-electron chi connectivity index (χ0n) is 18.5. The van der Waals surface area contributed by atoms with E-state index in [1.807, 2.05) is 37.3 Å². The smallest absolute Gasteiger partial charge is 0.241 e. The van der Waals surface area contributed by atoms with E-state index in [-0.39, 0.29) is 11.9 Å². The number of hydrogen-bond acceptors (Lipinski definition) is 5. The third-order valence-electron chi connectivity index (χ3n) is 5.85. The van der Waals surface area contributed by atoms with Crippen molar-refractivity contribution in [3.8, 4) is 11.5 Å². The lowest BCUT2D eigenvalue weighted by Crippen LogP contribution is -2.52. The maximum absolute atomic E-state index is 12.7. The molecule has 6 nitrogen and oxygen atoms in total. The van der Waals surface area contributed by atoms with Gasteiger partial charge in [0.1, 0.15) is 11.5 Å². The molecule has 1 fully saturated rings. The molecule has 0 bridgehead atoms. The Morgan fingerprint density at radius 2 is 1.73 bits per heavy atom. The molecule has 3 rings (SSSR count). The van der Waals surface area contributed by atoms with Crippen LogP contribution in [0.2, 0.25) is 0 Å². The number of carbonyl (C=O) groups excluding carboxylic acids is 1. The highest BCUT2D eigenvalue weighted by molar-refractivity contribution is 5.94. The zero-order valence-corrected chi connectivity index (χ0v) is 18.5. The molecular formula is C24H33N3O3. The molecule has 0 saturated carbocycles. The molecule has 1 amide bonds. The van der Waals surface area contributed by atoms with Gasteiger partial charge in [0.2, 0.25) is 5.91 Å². The number of amides is 1. The summed E-state index contributed by atoms with van der Waals surface area (Å²) < 4.78 is 10.9. The van der Waals surface area contributed by atoms with Crippen LogP contribution in [-0.4, -0.2) is 62.1 Å². The van der Waals surface area contributed by atoms with Gasteiger partial charge >= 0.3 is 0 Å². The van der Waals surface area contributed by atoms with Gasteiger partial charge in [-0.3, -0.25) is 14.6 Å². The summed E-state index contributed by atoms with van der Waals surface area (Å²) >= 11 is 0. The van der Waals surface area contributed by atoms with Crippen molar-refractivity contribution in [2.75, 3.05) is 45.7 Å². The fraction of sp³-hybridized carbons (Fsp3) is 0.458. The lowest BCUT2D eigenvalue weighted by atomic mass is 10.1. The van der Waals surface area contributed by atoms with Crippen molar-refractivity contribution in [3.63, 3.8) is 0 Å². The molecule has 1 saturated heterocycles. The molecule has 1 N–H and O–H groups in total. The van der Waals surface area contributed by atoms with Gasteiger partial charge in [0.05, 0.1) is 20.3 Å². The summed E-state index contributed by atoms with van der Waals surface area (Å²) in [7, 11) is 3.37. The van der Waals surface area contributed by atoms with Crippen LogP contribution in [0.5, 0.6) is 11.5 Å². The number of benzene rings is 2. The van der Waals surface area contributed by atoms with Crippen molar-refractivity contribution in [1.29, 1.82) is 0 Å². The van der Waals surface area contributed by atoms with Crippen LogP contribution in [0, 0.1) is 0 Å². The maximum Gasteiger partial charge on any atom is 0.241 e. The highest BCUT2D eigenvalue weighted by Crippen LogP contribution is 2.26. The Balaban J connectivity index is 1.52. The molecule has 0 aromatic heterocycles. The third-order valence-corrected chi connectivity index (χ3v) is 5.85. The predicted molar refractivity (Wildman–Crippen MR) is 120 cm³/mol. The van der Waals surface area contributed by atoms with Crippen molar-refractivity contribution in [2.45, 2.75) is 32.9 Å². The minimum Gasteiger partial charge on any atom is -0.497 e. The fourth-order valence-electron chi connectivity index (χ4n) is 3.79. The Labute approximate surface area is 179 Å². The Bertz CT molecular complexity index is 830. The van der Waals surface area contributed by atoms with Gasteiger partial charge in [0.25, 0.3) is 0 Å². The van der Waals surface area contributed by atoms with Crippen molar-refractivity contribution >= 4 is 11.6 Å². The summed E-state index contributed by atoms with van der Waals surface area (Å²) in [4.78, 5) is 17.3. The number of aryl methyl sites for hydroxylation is 1. The average molecular weight is 412 g/mol. The van der Waals surface area contributed by atoms with Gasteiger partial charge in [-0.2, -0.15) is 0 Å². The lowest BCUT2D eigenvalue weighted by molar-refractivity contribution is -0.121. The zero-order chi connectivity index (χ0) is 21.5. The van der Waals surface area contributed by atoms with Gasteiger partial charge in [-0.15, -0.1) is 0 Å². The van der Waals surface area contributed by atoms with E-state index in [0.29, 0.717) is 0 Å². The van der Waals surface area contributed by atoms with Crippen LogP contribution in [-0.2, 0) is 17.8 Å². The van der Waals surface area contributed by atoms with E-state index in [2.05, 4.69) is 34.2 Å². The largest absolute Gasteiger partial charge is 0.497 e. The lowest BCUT2D eigenvalue weighted by Gasteiger charge is -2.37. The normalized spacial score (nSPS) is 16.1. The number of hydrogen-bond donors (Lipinski definition) is 1. The first-order valence-corrected chi connectivity index (χ1v) is 10.6. The van der Waals surface area contributed by atoms with Gasteiger partial charge in [-0.1, -0.05) is 19.1 Å². The molecule has 2 aromatic carbocycles. The number of nitrogens with zero attached hydrogens (tertiary/aromatic N) is 2. The second kappa shape index (κ2) is 10.5. The summed E-state index contributed by atoms with van der Waals surface area (Å²) in [5.74, 6) is 1.75. The number of nitrogens with one attached hydrogen (secondary N) is 1. The van der Waals surface area contributed by atoms with Crippen LogP contribution < -0.4 is 14.8 Å². The first-order valence-electron chi connectivity index (χ1n) is 10.6. The van der Waals surface area contributed by atoms with Crippen LogP contribution in [0.25, 0.3) is 0 Å². The summed E-state index contributed by atoms with van der Waals surface area (Å²) in [6.45, 7) is 8.44. The van der Waals surface area contributed by atoms with Crippen molar-refractivity contribution in [2.24, 2.45) is 0 Å². The molecule has 0 spiro atoms. The highest BCUT2D eigenvalue weighted by Gasteiger charge is 2.26. The second-order valence-corrected chi connectivity index (χ2v) is 7.71. The number of carbonyl (C=O) groups is 1. The molecule has 0 aliphatic carbocycles. The molecular weight excluding hydrogens is 378 g/mol. The maximum atomic E-state index is 12.7. The van der Waals surface area contributed by atoms with Crippen LogP contribution in [0.3, 0.4) is 0 Å². The average Bonchev–Trinajstić information content (AvgIpc) is 2.79. The molecule has 1 aliphatic heterocycles. The van der Waals surface area contributed by atoms with E-state index in [1.165, 1.54) is 5.56 Å². The standard InChI is InChI=1S/C24H33N3O3/c1-5-19-6-8-21(9-7-19)25-24(28)18(2)27-14-12-26(13-15-27)17-20-16-22(29-3)10-11-23(20)30-4/h6-11,16,18H,5,12-15,17H2,1-4H3,(H,25,28)/t18-/m1/s1. The second-order valence-electron chi connectivity index (χ2n) is 7.71. The topological polar surface area (TPSA) is 54.0 Å². The Kier molecular flexibility index (Phi) is 7.71. The van der Waals surface area contributed by atoms with Crippen LogP contribution in [0.1, 0.15) is 25.0 Å². The molecule has 1 aliphatic rings. The molecule has 1 atom stereocenters. The minimum atomic E-state index is -0.163. The van der Waals surface area contributed by atoms with Gasteiger partial charge in [-0.05, 0) is 49.2 Å². The van der Waals surface area contributed by atoms with Crippen LogP contribution in [0.4, 0.5) is 5.69 Å². The quantitative estimate of drug-likeness (QED) is 0.721. The van der Waals surface area contributed by atoms with Crippen molar-refractivity contribution in [3.05, 3.63) is 53.6 Å². The van der Waals surface area contributed by atoms with Gasteiger partial charge in [0, 0.05) is 44.0 Å². The molecule has 6 heteroatoms. The Morgan fingerprint density at radius 1 is 1.03 bits per heavy atom. The Hall–Kier alpha value is -2.57. The van der Waals surface area contributed by atoms with E-state index in [0.717, 1.165) is 61.9 Å². The first kappa shape index (κ1) is 22.1.